The molecule has 2 aromatic carbocycles. The average molecular weight is 1380 g/mol. The number of ether oxygens (including phenoxy) is 3. The maximum Gasteiger partial charge on any atom is 0.317 e. The Hall–Kier alpha value is -8.03. The molecule has 1 unspecified atom stereocenters. The molecule has 0 bridgehead atoms. The van der Waals surface area contributed by atoms with E-state index in [4.69, 9.17) is 20.6 Å². The number of unbranched alkanes of at least 4 members (excludes halogenated alkanes) is 2. The van der Waals surface area contributed by atoms with Gasteiger partial charge in [0.05, 0.1) is 62.2 Å². The van der Waals surface area contributed by atoms with Crippen LogP contribution in [0.2, 0.25) is 0 Å². The van der Waals surface area contributed by atoms with E-state index in [1.54, 1.807) is 35.5 Å². The molecule has 6 N–H and O–H groups in total. The van der Waals surface area contributed by atoms with Crippen LogP contribution in [0.4, 0.5) is 8.78 Å². The number of nitrogens with one attached hydrogen (secondary N) is 5. The Morgan fingerprint density at radius 3 is 2.09 bits per heavy atom. The number of piperazine rings is 1. The van der Waals surface area contributed by atoms with Crippen LogP contribution in [0.5, 0.6) is 5.75 Å². The van der Waals surface area contributed by atoms with Crippen LogP contribution in [-0.2, 0) is 43.0 Å². The number of hydrogen-bond acceptors (Lipinski definition) is 22. The second-order valence-corrected chi connectivity index (χ2v) is 23.0. The number of alkyl halides is 2. The Kier molecular flexibility index (Phi) is 31.1. The van der Waals surface area contributed by atoms with E-state index in [1.165, 1.54) is 18.5 Å². The van der Waals surface area contributed by atoms with Crippen LogP contribution in [0.1, 0.15) is 67.3 Å². The van der Waals surface area contributed by atoms with Crippen molar-refractivity contribution in [1.82, 2.24) is 66.2 Å². The van der Waals surface area contributed by atoms with Gasteiger partial charge in [-0.05, 0) is 83.8 Å². The number of halogens is 3. The van der Waals surface area contributed by atoms with Crippen LogP contribution < -0.4 is 31.6 Å². The number of rotatable bonds is 34. The lowest BCUT2D eigenvalue weighted by Gasteiger charge is -2.34. The van der Waals surface area contributed by atoms with Gasteiger partial charge in [0.1, 0.15) is 25.9 Å². The quantitative estimate of drug-likeness (QED) is 0.00924. The number of terminal acetylenes is 1. The molecule has 5 amide bonds. The van der Waals surface area contributed by atoms with Crippen LogP contribution in [0.15, 0.2) is 70.0 Å². The van der Waals surface area contributed by atoms with Gasteiger partial charge in [-0.1, -0.05) is 24.5 Å². The molecule has 3 fully saturated rings. The van der Waals surface area contributed by atoms with Crippen molar-refractivity contribution in [1.29, 1.82) is 0 Å². The van der Waals surface area contributed by atoms with Gasteiger partial charge >= 0.3 is 5.97 Å². The van der Waals surface area contributed by atoms with Crippen LogP contribution in [0.25, 0.3) is 10.9 Å². The number of pyridine rings is 1. The number of fused-ring (bicyclic) bond motifs is 1. The molecule has 3 saturated heterocycles. The van der Waals surface area contributed by atoms with Crippen LogP contribution >= 0.6 is 22.6 Å². The summed E-state index contributed by atoms with van der Waals surface area (Å²) in [5, 5.41) is 28.2. The molecule has 31 heteroatoms. The fourth-order valence-corrected chi connectivity index (χ4v) is 10.5. The Morgan fingerprint density at radius 2 is 1.42 bits per heavy atom. The number of hydrogen-bond donors (Lipinski definition) is 6. The summed E-state index contributed by atoms with van der Waals surface area (Å²) in [6.45, 7) is 5.80. The molecule has 3 aliphatic heterocycles. The van der Waals surface area contributed by atoms with Gasteiger partial charge in [0, 0.05) is 138 Å². The molecule has 28 nitrogen and oxygen atoms in total. The molecule has 0 radical (unpaired) electrons. The SMILES string of the molecule is C#C[C@H]1CC(F)(F)CN1C(=O)CNC(=O)c1ccnc2ccc(OCCCN3CCN(C(=O)CCCCCC(=O)N/N=C\C(C/C=N/NCN/N=C/c4ccc(I)cc4)NC(=O)CN4CCN(COC=O)CCN(COC=O)CCN(CC(=O)O)CC4)CC3)cc12. The van der Waals surface area contributed by atoms with Crippen LogP contribution in [-0.4, -0.2) is 267 Å². The second kappa shape index (κ2) is 39.3. The molecule has 0 spiro atoms. The first-order chi connectivity index (χ1) is 44.0. The highest BCUT2D eigenvalue weighted by Crippen LogP contribution is 2.32. The number of nitrogens with zero attached hydrogens (tertiary/aromatic N) is 11. The molecule has 494 valence electrons. The van der Waals surface area contributed by atoms with Crippen molar-refractivity contribution in [2.24, 2.45) is 15.3 Å². The number of carboxylic acids is 1. The minimum absolute atomic E-state index is 0.00156. The van der Waals surface area contributed by atoms with E-state index >= 15 is 0 Å². The Balaban J connectivity index is 0.907. The number of aliphatic carboxylic acids is 1. The van der Waals surface area contributed by atoms with Crippen LogP contribution in [0.3, 0.4) is 0 Å². The summed E-state index contributed by atoms with van der Waals surface area (Å²) < 4.78 is 45.1. The molecule has 3 aliphatic rings. The number of carbonyl (C=O) groups is 8. The second-order valence-electron chi connectivity index (χ2n) is 21.8. The minimum Gasteiger partial charge on any atom is -0.494 e. The number of amides is 5. The highest BCUT2D eigenvalue weighted by molar-refractivity contribution is 14.1. The molecule has 1 aromatic heterocycles. The van der Waals surface area contributed by atoms with Crippen molar-refractivity contribution < 1.29 is 66.5 Å². The van der Waals surface area contributed by atoms with Gasteiger partial charge in [0.25, 0.3) is 24.8 Å². The number of aromatic nitrogens is 1. The number of benzene rings is 2. The van der Waals surface area contributed by atoms with Crippen LogP contribution in [0, 0.1) is 15.9 Å². The molecular formula is C60H81F2IN16O12. The average Bonchev–Trinajstić information content (AvgIpc) is 1.96. The highest BCUT2D eigenvalue weighted by Gasteiger charge is 2.46. The topological polar surface area (TPSA) is 317 Å². The van der Waals surface area contributed by atoms with Gasteiger partial charge in [0.2, 0.25) is 23.6 Å². The number of carbonyl (C=O) groups excluding carboxylic acids is 7. The standard InChI is InChI=1S/C60H81F2IN16O12/c1-2-49-34-60(61,62)40-79(49)57(85)37-65-59(88)51-16-17-64-53-14-13-50(33-52(51)53)91-32-6-19-73-28-30-78(31-29-73)56(84)8-5-3-4-7-54(82)72-68-36-48(15-18-66-69-41-70-67-35-46-9-11-47(63)12-10-46)71-55(83)38-74-20-21-75(39-58(86)87)23-25-77(43-90-45-81)27-26-76(24-22-74)42-89-44-80/h1,9-14,16-18,33,35-36,44-45,48-49,69-70H,3-8,15,19-32,34,37-43H2,(H,65,88)(H,71,83)(H,72,82)(H,86,87)/b66-18+,67-35+,68-36-/t48?,49-/m0/s1. The van der Waals surface area contributed by atoms with E-state index in [9.17, 15) is 52.2 Å². The predicted molar refractivity (Wildman–Crippen MR) is 341 cm³/mol. The normalized spacial score (nSPS) is 17.8. The largest absolute Gasteiger partial charge is 0.494 e. The van der Waals surface area contributed by atoms with Gasteiger partial charge in [0.15, 0.2) is 0 Å². The lowest BCUT2D eigenvalue weighted by atomic mass is 10.1. The number of carboxylic acid groups (broad SMARTS) is 1. The lowest BCUT2D eigenvalue weighted by Crippen LogP contribution is -2.50. The minimum atomic E-state index is -3.09. The molecule has 0 saturated carbocycles. The van der Waals surface area contributed by atoms with Crippen molar-refractivity contribution in [2.75, 3.05) is 138 Å². The maximum absolute atomic E-state index is 13.9. The lowest BCUT2D eigenvalue weighted by molar-refractivity contribution is -0.139. The number of hydrazone groups is 3. The van der Waals surface area contributed by atoms with Gasteiger partial charge in [-0.25, -0.2) is 14.2 Å². The predicted octanol–water partition coefficient (Wildman–Crippen LogP) is 1.00. The van der Waals surface area contributed by atoms with Crippen molar-refractivity contribution in [3.05, 3.63) is 69.4 Å². The summed E-state index contributed by atoms with van der Waals surface area (Å²) in [5.74, 6) is -3.33. The third-order valence-corrected chi connectivity index (χ3v) is 15.7. The smallest absolute Gasteiger partial charge is 0.317 e. The fourth-order valence-electron chi connectivity index (χ4n) is 10.1. The van der Waals surface area contributed by atoms with Crippen molar-refractivity contribution in [3.8, 4) is 18.1 Å². The third-order valence-electron chi connectivity index (χ3n) is 15.0. The zero-order valence-corrected chi connectivity index (χ0v) is 53.0. The summed E-state index contributed by atoms with van der Waals surface area (Å²) >= 11 is 2.23. The first kappa shape index (κ1) is 72.0. The molecule has 4 heterocycles. The molecule has 91 heavy (non-hydrogen) atoms. The van der Waals surface area contributed by atoms with E-state index in [2.05, 4.69) is 80.6 Å². The van der Waals surface area contributed by atoms with E-state index in [-0.39, 0.29) is 69.3 Å². The van der Waals surface area contributed by atoms with E-state index in [1.807, 2.05) is 43.9 Å². The van der Waals surface area contributed by atoms with Gasteiger partial charge in [-0.3, -0.25) is 78.7 Å². The molecule has 0 aliphatic carbocycles. The monoisotopic (exact) mass is 1380 g/mol. The zero-order valence-electron chi connectivity index (χ0n) is 50.8. The van der Waals surface area contributed by atoms with Crippen molar-refractivity contribution in [3.63, 3.8) is 0 Å². The Labute approximate surface area is 540 Å². The summed E-state index contributed by atoms with van der Waals surface area (Å²) in [5.41, 5.74) is 9.92. The van der Waals surface area contributed by atoms with Crippen molar-refractivity contribution in [2.45, 2.75) is 69.4 Å². The molecule has 3 aromatic rings. The van der Waals surface area contributed by atoms with E-state index in [0.29, 0.717) is 147 Å². The van der Waals surface area contributed by atoms with Gasteiger partial charge in [-0.15, -0.1) is 6.42 Å². The molecular weight excluding hydrogens is 1300 g/mol. The zero-order chi connectivity index (χ0) is 65.2. The number of likely N-dealkylation sites (tertiary alicyclic amines) is 1. The molecule has 2 atom stereocenters. The highest BCUT2D eigenvalue weighted by atomic mass is 127. The summed E-state index contributed by atoms with van der Waals surface area (Å²) in [7, 11) is 0. The first-order valence-electron chi connectivity index (χ1n) is 30.0. The van der Waals surface area contributed by atoms with E-state index in [0.717, 1.165) is 20.6 Å². The van der Waals surface area contributed by atoms with Gasteiger partial charge in [-0.2, -0.15) is 15.3 Å². The first-order valence-corrected chi connectivity index (χ1v) is 31.1. The Bertz CT molecular complexity index is 2990. The summed E-state index contributed by atoms with van der Waals surface area (Å²) in [4.78, 5) is 116. The fraction of sp³-hybridized carbons (Fsp3) is 0.533. The Morgan fingerprint density at radius 1 is 0.769 bits per heavy atom. The van der Waals surface area contributed by atoms with Gasteiger partial charge < -0.3 is 39.8 Å². The summed E-state index contributed by atoms with van der Waals surface area (Å²) in [6, 6.07) is 12.7. The third kappa shape index (κ3) is 26.8. The van der Waals surface area contributed by atoms with E-state index < -0.39 is 55.3 Å². The maximum atomic E-state index is 13.9. The summed E-state index contributed by atoms with van der Waals surface area (Å²) in [6.07, 6.45) is 14.0. The molecule has 6 rings (SSSR count). The van der Waals surface area contributed by atoms with Crippen molar-refractivity contribution >= 4 is 101 Å².